The molecular formula is C21H28FN3O4S. The maximum absolute atomic E-state index is 13.1. The van der Waals surface area contributed by atoms with Crippen molar-refractivity contribution in [2.75, 3.05) is 45.5 Å². The second kappa shape index (κ2) is 8.26. The highest BCUT2D eigenvalue weighted by Crippen LogP contribution is 2.48. The first-order chi connectivity index (χ1) is 14.2. The quantitative estimate of drug-likeness (QED) is 0.711. The van der Waals surface area contributed by atoms with E-state index < -0.39 is 10.0 Å². The van der Waals surface area contributed by atoms with Gasteiger partial charge >= 0.3 is 0 Å². The zero-order valence-electron chi connectivity index (χ0n) is 17.2. The van der Waals surface area contributed by atoms with E-state index in [-0.39, 0.29) is 35.4 Å². The summed E-state index contributed by atoms with van der Waals surface area (Å²) < 4.78 is 37.8. The van der Waals surface area contributed by atoms with E-state index in [1.165, 1.54) is 22.7 Å². The van der Waals surface area contributed by atoms with Crippen LogP contribution in [0.2, 0.25) is 0 Å². The van der Waals surface area contributed by atoms with E-state index in [1.54, 1.807) is 12.1 Å². The average molecular weight is 438 g/mol. The van der Waals surface area contributed by atoms with E-state index in [0.29, 0.717) is 52.1 Å². The molecule has 2 aliphatic heterocycles. The van der Waals surface area contributed by atoms with Gasteiger partial charge in [0.25, 0.3) is 0 Å². The van der Waals surface area contributed by atoms with Crippen molar-refractivity contribution in [1.82, 2.24) is 14.1 Å². The number of amides is 2. The Labute approximate surface area is 176 Å². The highest BCUT2D eigenvalue weighted by atomic mass is 32.2. The van der Waals surface area contributed by atoms with Crippen LogP contribution >= 0.6 is 0 Å². The lowest BCUT2D eigenvalue weighted by atomic mass is 9.96. The molecule has 0 N–H and O–H groups in total. The van der Waals surface area contributed by atoms with E-state index in [4.69, 9.17) is 0 Å². The van der Waals surface area contributed by atoms with Crippen molar-refractivity contribution < 1.29 is 22.4 Å². The van der Waals surface area contributed by atoms with Gasteiger partial charge in [-0.15, -0.1) is 0 Å². The molecule has 164 valence electrons. The van der Waals surface area contributed by atoms with Crippen LogP contribution in [0.3, 0.4) is 0 Å². The smallest absolute Gasteiger partial charge is 0.226 e. The minimum Gasteiger partial charge on any atom is -0.339 e. The van der Waals surface area contributed by atoms with Crippen molar-refractivity contribution in [1.29, 1.82) is 0 Å². The number of piperazine rings is 1. The summed E-state index contributed by atoms with van der Waals surface area (Å²) in [6.45, 7) is 2.87. The number of hydrogen-bond donors (Lipinski definition) is 0. The van der Waals surface area contributed by atoms with Crippen molar-refractivity contribution in [3.05, 3.63) is 35.6 Å². The molecule has 4 rings (SSSR count). The molecule has 0 bridgehead atoms. The SMILES string of the molecule is CS(=O)(=O)N1CCC(C(=O)N2CCN(C(=O)[C@@H]3C[C@H]3c3ccc(F)cc3)CC2)CC1. The molecule has 7 nitrogen and oxygen atoms in total. The second-order valence-corrected chi connectivity index (χ2v) is 10.6. The third-order valence-electron chi connectivity index (χ3n) is 6.58. The molecule has 0 aromatic heterocycles. The second-order valence-electron chi connectivity index (χ2n) is 8.59. The van der Waals surface area contributed by atoms with Crippen molar-refractivity contribution in [2.24, 2.45) is 11.8 Å². The standard InChI is InChI=1S/C21H28FN3O4S/c1-30(28,29)25-8-6-16(7-9-25)20(26)23-10-12-24(13-11-23)21(27)19-14-18(19)15-2-4-17(22)5-3-15/h2-5,16,18-19H,6-14H2,1H3/t18-,19+/m0/s1. The van der Waals surface area contributed by atoms with Crippen molar-refractivity contribution in [3.63, 3.8) is 0 Å². The van der Waals surface area contributed by atoms with Gasteiger partial charge in [-0.2, -0.15) is 0 Å². The van der Waals surface area contributed by atoms with Gasteiger partial charge < -0.3 is 9.80 Å². The summed E-state index contributed by atoms with van der Waals surface area (Å²) in [6, 6.07) is 6.36. The van der Waals surface area contributed by atoms with Crippen molar-refractivity contribution in [3.8, 4) is 0 Å². The van der Waals surface area contributed by atoms with Crippen LogP contribution in [0, 0.1) is 17.7 Å². The van der Waals surface area contributed by atoms with E-state index in [0.717, 1.165) is 12.0 Å². The molecule has 0 unspecified atom stereocenters. The van der Waals surface area contributed by atoms with E-state index in [1.807, 2.05) is 9.80 Å². The fourth-order valence-electron chi connectivity index (χ4n) is 4.62. The maximum Gasteiger partial charge on any atom is 0.226 e. The van der Waals surface area contributed by atoms with E-state index in [9.17, 15) is 22.4 Å². The first-order valence-electron chi connectivity index (χ1n) is 10.5. The number of sulfonamides is 1. The first kappa shape index (κ1) is 21.2. The Kier molecular flexibility index (Phi) is 5.85. The summed E-state index contributed by atoms with van der Waals surface area (Å²) in [5, 5.41) is 0. The third kappa shape index (κ3) is 4.51. The van der Waals surface area contributed by atoms with Gasteiger partial charge in [-0.1, -0.05) is 12.1 Å². The van der Waals surface area contributed by atoms with Crippen LogP contribution < -0.4 is 0 Å². The minimum absolute atomic E-state index is 0.0435. The number of carbonyl (C=O) groups excluding carboxylic acids is 2. The molecule has 0 radical (unpaired) electrons. The summed E-state index contributed by atoms with van der Waals surface area (Å²) in [7, 11) is -3.20. The Morgan fingerprint density at radius 3 is 1.97 bits per heavy atom. The molecule has 1 aliphatic carbocycles. The number of halogens is 1. The molecule has 1 aromatic carbocycles. The average Bonchev–Trinajstić information content (AvgIpc) is 3.54. The molecular weight excluding hydrogens is 409 g/mol. The Bertz CT molecular complexity index is 905. The minimum atomic E-state index is -3.20. The van der Waals surface area contributed by atoms with Crippen LogP contribution in [0.15, 0.2) is 24.3 Å². The molecule has 0 spiro atoms. The van der Waals surface area contributed by atoms with Crippen LogP contribution in [0.4, 0.5) is 4.39 Å². The van der Waals surface area contributed by atoms with Gasteiger partial charge in [0, 0.05) is 51.1 Å². The van der Waals surface area contributed by atoms with Gasteiger partial charge in [0.05, 0.1) is 6.26 Å². The summed E-state index contributed by atoms with van der Waals surface area (Å²) in [4.78, 5) is 29.3. The van der Waals surface area contributed by atoms with Crippen LogP contribution in [-0.4, -0.2) is 79.9 Å². The summed E-state index contributed by atoms with van der Waals surface area (Å²) in [5.41, 5.74) is 1.00. The monoisotopic (exact) mass is 437 g/mol. The van der Waals surface area contributed by atoms with Crippen LogP contribution in [0.25, 0.3) is 0 Å². The molecule has 3 aliphatic rings. The highest BCUT2D eigenvalue weighted by Gasteiger charge is 2.46. The largest absolute Gasteiger partial charge is 0.339 e. The van der Waals surface area contributed by atoms with Gasteiger partial charge in [-0.25, -0.2) is 17.1 Å². The van der Waals surface area contributed by atoms with E-state index >= 15 is 0 Å². The predicted molar refractivity (Wildman–Crippen MR) is 110 cm³/mol. The molecule has 2 saturated heterocycles. The number of piperidine rings is 1. The fraction of sp³-hybridized carbons (Fsp3) is 0.619. The normalized spacial score (nSPS) is 25.9. The number of benzene rings is 1. The van der Waals surface area contributed by atoms with Crippen LogP contribution in [0.1, 0.15) is 30.7 Å². The Hall–Kier alpha value is -2.00. The topological polar surface area (TPSA) is 78.0 Å². The van der Waals surface area contributed by atoms with Gasteiger partial charge in [0.15, 0.2) is 0 Å². The summed E-state index contributed by atoms with van der Waals surface area (Å²) in [6.07, 6.45) is 3.09. The highest BCUT2D eigenvalue weighted by molar-refractivity contribution is 7.88. The molecule has 2 amide bonds. The lowest BCUT2D eigenvalue weighted by Crippen LogP contribution is -2.53. The Morgan fingerprint density at radius 1 is 0.900 bits per heavy atom. The number of hydrogen-bond acceptors (Lipinski definition) is 4. The molecule has 2 atom stereocenters. The zero-order valence-corrected chi connectivity index (χ0v) is 18.0. The summed E-state index contributed by atoms with van der Waals surface area (Å²) in [5.74, 6) is -0.0961. The van der Waals surface area contributed by atoms with Gasteiger partial charge in [0.2, 0.25) is 21.8 Å². The zero-order chi connectivity index (χ0) is 21.5. The third-order valence-corrected chi connectivity index (χ3v) is 7.88. The fourth-order valence-corrected chi connectivity index (χ4v) is 5.49. The molecule has 1 aromatic rings. The van der Waals surface area contributed by atoms with Crippen molar-refractivity contribution in [2.45, 2.75) is 25.2 Å². The van der Waals surface area contributed by atoms with Crippen LogP contribution in [-0.2, 0) is 19.6 Å². The number of carbonyl (C=O) groups is 2. The molecule has 9 heteroatoms. The molecule has 3 fully saturated rings. The Morgan fingerprint density at radius 2 is 1.43 bits per heavy atom. The predicted octanol–water partition coefficient (Wildman–Crippen LogP) is 1.27. The van der Waals surface area contributed by atoms with Crippen molar-refractivity contribution >= 4 is 21.8 Å². The van der Waals surface area contributed by atoms with Crippen LogP contribution in [0.5, 0.6) is 0 Å². The van der Waals surface area contributed by atoms with E-state index in [2.05, 4.69) is 0 Å². The Balaban J connectivity index is 1.25. The number of nitrogens with zero attached hydrogens (tertiary/aromatic N) is 3. The van der Waals surface area contributed by atoms with Gasteiger partial charge in [0.1, 0.15) is 5.82 Å². The first-order valence-corrected chi connectivity index (χ1v) is 12.4. The molecule has 2 heterocycles. The molecule has 30 heavy (non-hydrogen) atoms. The maximum atomic E-state index is 13.1. The molecule has 1 saturated carbocycles. The van der Waals surface area contributed by atoms with Gasteiger partial charge in [-0.05, 0) is 42.9 Å². The lowest BCUT2D eigenvalue weighted by molar-refractivity contribution is -0.143. The number of rotatable bonds is 4. The summed E-state index contributed by atoms with van der Waals surface area (Å²) >= 11 is 0. The van der Waals surface area contributed by atoms with Gasteiger partial charge in [-0.3, -0.25) is 9.59 Å². The lowest BCUT2D eigenvalue weighted by Gasteiger charge is -2.38.